The molecule has 0 spiro atoms. The van der Waals surface area contributed by atoms with E-state index >= 15 is 0 Å². The first-order valence-corrected chi connectivity index (χ1v) is 5.38. The second-order valence-electron chi connectivity index (χ2n) is 3.50. The van der Waals surface area contributed by atoms with Crippen molar-refractivity contribution >= 4 is 26.8 Å². The van der Waals surface area contributed by atoms with E-state index in [1.165, 1.54) is 22.2 Å². The summed E-state index contributed by atoms with van der Waals surface area (Å²) in [6.45, 7) is 2.72. The molecule has 0 radical (unpaired) electrons. The maximum Gasteiger partial charge on any atom is 0.0494 e. The molecule has 3 heteroatoms. The van der Waals surface area contributed by atoms with Gasteiger partial charge in [-0.2, -0.15) is 0 Å². The topological polar surface area (TPSA) is 30.9 Å². The molecule has 0 aliphatic carbocycles. The van der Waals surface area contributed by atoms with Crippen LogP contribution in [0.3, 0.4) is 0 Å². The van der Waals surface area contributed by atoms with Gasteiger partial charge in [0.15, 0.2) is 0 Å². The summed E-state index contributed by atoms with van der Waals surface area (Å²) in [5.74, 6) is 0. The molecule has 0 bridgehead atoms. The summed E-state index contributed by atoms with van der Waals surface area (Å²) in [7, 11) is 2.06. The van der Waals surface area contributed by atoms with Crippen LogP contribution in [0.25, 0.3) is 10.9 Å². The monoisotopic (exact) mass is 252 g/mol. The van der Waals surface area contributed by atoms with E-state index in [9.17, 15) is 0 Å². The summed E-state index contributed by atoms with van der Waals surface area (Å²) in [6.07, 6.45) is 0. The summed E-state index contributed by atoms with van der Waals surface area (Å²) in [4.78, 5) is 0. The molecule has 0 saturated heterocycles. The SMILES string of the molecule is Cc1c(CN)n(C)c2cc(Br)ccc12. The van der Waals surface area contributed by atoms with Crippen LogP contribution in [0.5, 0.6) is 0 Å². The van der Waals surface area contributed by atoms with E-state index in [1.807, 2.05) is 0 Å². The second kappa shape index (κ2) is 3.41. The fourth-order valence-electron chi connectivity index (χ4n) is 1.94. The Bertz CT molecular complexity index is 485. The van der Waals surface area contributed by atoms with Crippen LogP contribution in [0.4, 0.5) is 0 Å². The number of fused-ring (bicyclic) bond motifs is 1. The summed E-state index contributed by atoms with van der Waals surface area (Å²) in [5, 5.41) is 1.29. The smallest absolute Gasteiger partial charge is 0.0494 e. The molecule has 2 nitrogen and oxygen atoms in total. The zero-order valence-corrected chi connectivity index (χ0v) is 9.93. The van der Waals surface area contributed by atoms with E-state index in [-0.39, 0.29) is 0 Å². The number of halogens is 1. The fraction of sp³-hybridized carbons (Fsp3) is 0.273. The number of nitrogens with zero attached hydrogens (tertiary/aromatic N) is 1. The minimum absolute atomic E-state index is 0.592. The van der Waals surface area contributed by atoms with Crippen molar-refractivity contribution in [2.45, 2.75) is 13.5 Å². The molecule has 0 unspecified atom stereocenters. The van der Waals surface area contributed by atoms with Crippen molar-refractivity contribution in [3.05, 3.63) is 33.9 Å². The number of aromatic nitrogens is 1. The van der Waals surface area contributed by atoms with E-state index in [1.54, 1.807) is 0 Å². The average Bonchev–Trinajstić information content (AvgIpc) is 2.39. The maximum atomic E-state index is 5.72. The molecule has 0 aliphatic rings. The minimum Gasteiger partial charge on any atom is -0.346 e. The van der Waals surface area contributed by atoms with Gasteiger partial charge in [0.05, 0.1) is 0 Å². The molecular weight excluding hydrogens is 240 g/mol. The zero-order valence-electron chi connectivity index (χ0n) is 8.34. The highest BCUT2D eigenvalue weighted by Gasteiger charge is 2.09. The highest BCUT2D eigenvalue weighted by Crippen LogP contribution is 2.26. The van der Waals surface area contributed by atoms with Gasteiger partial charge in [0, 0.05) is 34.7 Å². The molecule has 0 amide bonds. The Morgan fingerprint density at radius 2 is 2.14 bits per heavy atom. The lowest BCUT2D eigenvalue weighted by Crippen LogP contribution is -2.04. The van der Waals surface area contributed by atoms with Crippen LogP contribution in [0, 0.1) is 6.92 Å². The molecule has 2 rings (SSSR count). The number of aryl methyl sites for hydroxylation is 2. The third kappa shape index (κ3) is 1.28. The van der Waals surface area contributed by atoms with E-state index < -0.39 is 0 Å². The van der Waals surface area contributed by atoms with Gasteiger partial charge in [-0.25, -0.2) is 0 Å². The van der Waals surface area contributed by atoms with Crippen LogP contribution in [0.1, 0.15) is 11.3 Å². The standard InChI is InChI=1S/C11H13BrN2/c1-7-9-4-3-8(12)5-10(9)14(2)11(7)6-13/h3-5H,6,13H2,1-2H3. The molecule has 74 valence electrons. The first-order valence-electron chi connectivity index (χ1n) is 4.58. The molecule has 1 aromatic carbocycles. The molecule has 2 aromatic rings. The normalized spacial score (nSPS) is 11.1. The first kappa shape index (κ1) is 9.74. The molecule has 0 atom stereocenters. The zero-order chi connectivity index (χ0) is 10.3. The summed E-state index contributed by atoms with van der Waals surface area (Å²) in [5.41, 5.74) is 9.45. The Kier molecular flexibility index (Phi) is 2.37. The molecule has 1 aromatic heterocycles. The van der Waals surface area contributed by atoms with Crippen molar-refractivity contribution in [3.63, 3.8) is 0 Å². The van der Waals surface area contributed by atoms with Gasteiger partial charge in [-0.05, 0) is 24.6 Å². The molecule has 0 saturated carbocycles. The number of hydrogen-bond donors (Lipinski definition) is 1. The number of benzene rings is 1. The van der Waals surface area contributed by atoms with Gasteiger partial charge in [0.25, 0.3) is 0 Å². The van der Waals surface area contributed by atoms with Gasteiger partial charge in [0.1, 0.15) is 0 Å². The largest absolute Gasteiger partial charge is 0.346 e. The Morgan fingerprint density at radius 1 is 1.43 bits per heavy atom. The van der Waals surface area contributed by atoms with Gasteiger partial charge in [-0.15, -0.1) is 0 Å². The predicted octanol–water partition coefficient (Wildman–Crippen LogP) is 2.71. The molecular formula is C11H13BrN2. The molecule has 2 N–H and O–H groups in total. The van der Waals surface area contributed by atoms with Crippen molar-refractivity contribution < 1.29 is 0 Å². The summed E-state index contributed by atoms with van der Waals surface area (Å²) >= 11 is 3.48. The lowest BCUT2D eigenvalue weighted by molar-refractivity contribution is 0.840. The van der Waals surface area contributed by atoms with Crippen molar-refractivity contribution in [1.82, 2.24) is 4.57 Å². The van der Waals surface area contributed by atoms with Crippen molar-refractivity contribution in [2.75, 3.05) is 0 Å². The maximum absolute atomic E-state index is 5.72. The van der Waals surface area contributed by atoms with Crippen molar-refractivity contribution in [2.24, 2.45) is 12.8 Å². The Morgan fingerprint density at radius 3 is 2.79 bits per heavy atom. The van der Waals surface area contributed by atoms with E-state index in [4.69, 9.17) is 5.73 Å². The van der Waals surface area contributed by atoms with E-state index in [0.29, 0.717) is 6.54 Å². The fourth-order valence-corrected chi connectivity index (χ4v) is 2.29. The quantitative estimate of drug-likeness (QED) is 0.832. The van der Waals surface area contributed by atoms with Crippen molar-refractivity contribution in [1.29, 1.82) is 0 Å². The van der Waals surface area contributed by atoms with Gasteiger partial charge in [-0.3, -0.25) is 0 Å². The van der Waals surface area contributed by atoms with Gasteiger partial charge in [0.2, 0.25) is 0 Å². The molecule has 0 aliphatic heterocycles. The summed E-state index contributed by atoms with van der Waals surface area (Å²) < 4.78 is 3.27. The lowest BCUT2D eigenvalue weighted by atomic mass is 10.1. The Hall–Kier alpha value is -0.800. The van der Waals surface area contributed by atoms with E-state index in [2.05, 4.69) is 52.7 Å². The van der Waals surface area contributed by atoms with Gasteiger partial charge >= 0.3 is 0 Å². The molecule has 1 heterocycles. The highest BCUT2D eigenvalue weighted by atomic mass is 79.9. The van der Waals surface area contributed by atoms with Crippen LogP contribution in [0.15, 0.2) is 22.7 Å². The number of hydrogen-bond acceptors (Lipinski definition) is 1. The second-order valence-corrected chi connectivity index (χ2v) is 4.41. The summed E-state index contributed by atoms with van der Waals surface area (Å²) in [6, 6.07) is 6.32. The third-order valence-corrected chi connectivity index (χ3v) is 3.25. The number of rotatable bonds is 1. The predicted molar refractivity (Wildman–Crippen MR) is 63.2 cm³/mol. The first-order chi connectivity index (χ1) is 6.65. The lowest BCUT2D eigenvalue weighted by Gasteiger charge is -2.01. The van der Waals surface area contributed by atoms with Crippen LogP contribution < -0.4 is 5.73 Å². The van der Waals surface area contributed by atoms with Crippen LogP contribution in [0.2, 0.25) is 0 Å². The van der Waals surface area contributed by atoms with Gasteiger partial charge in [-0.1, -0.05) is 22.0 Å². The van der Waals surface area contributed by atoms with Crippen LogP contribution in [-0.2, 0) is 13.6 Å². The Labute approximate surface area is 91.8 Å². The molecule has 14 heavy (non-hydrogen) atoms. The minimum atomic E-state index is 0.592. The van der Waals surface area contributed by atoms with Gasteiger partial charge < -0.3 is 10.3 Å². The average molecular weight is 253 g/mol. The number of nitrogens with two attached hydrogens (primary N) is 1. The van der Waals surface area contributed by atoms with Crippen molar-refractivity contribution in [3.8, 4) is 0 Å². The van der Waals surface area contributed by atoms with Crippen LogP contribution in [-0.4, -0.2) is 4.57 Å². The third-order valence-electron chi connectivity index (χ3n) is 2.76. The highest BCUT2D eigenvalue weighted by molar-refractivity contribution is 9.10. The Balaban J connectivity index is 2.87. The van der Waals surface area contributed by atoms with E-state index in [0.717, 1.165) is 4.47 Å². The van der Waals surface area contributed by atoms with Crippen LogP contribution >= 0.6 is 15.9 Å². The molecule has 0 fully saturated rings.